The van der Waals surface area contributed by atoms with Crippen molar-refractivity contribution < 1.29 is 0 Å². The molecule has 0 aliphatic rings. The first-order chi connectivity index (χ1) is 4.29. The molecule has 0 saturated heterocycles. The maximum absolute atomic E-state index is 3.80. The molecular formula is C4H6N4S. The van der Waals surface area contributed by atoms with Crippen LogP contribution in [0.4, 0.5) is 5.95 Å². The number of hydrogen-bond donors (Lipinski definition) is 1. The molecule has 0 spiro atoms. The van der Waals surface area contributed by atoms with Crippen molar-refractivity contribution in [3.8, 4) is 0 Å². The van der Waals surface area contributed by atoms with Crippen LogP contribution in [0.5, 0.6) is 0 Å². The molecule has 0 aliphatic carbocycles. The smallest absolute Gasteiger partial charge is 0.260 e. The van der Waals surface area contributed by atoms with E-state index in [9.17, 15) is 0 Å². The zero-order valence-corrected chi connectivity index (χ0v) is 5.77. The molecule has 9 heavy (non-hydrogen) atoms. The number of nitrogens with zero attached hydrogens (tertiary/aromatic N) is 3. The molecular weight excluding hydrogens is 136 g/mol. The van der Waals surface area contributed by atoms with E-state index < -0.39 is 0 Å². The van der Waals surface area contributed by atoms with E-state index in [0.717, 1.165) is 17.4 Å². The number of anilines is 1. The van der Waals surface area contributed by atoms with Gasteiger partial charge in [-0.25, -0.2) is 0 Å². The zero-order chi connectivity index (χ0) is 6.69. The van der Waals surface area contributed by atoms with Crippen LogP contribution in [-0.4, -0.2) is 14.0 Å². The molecule has 1 heterocycles. The van der Waals surface area contributed by atoms with E-state index in [2.05, 4.69) is 25.9 Å². The average molecular weight is 142 g/mol. The Balaban J connectivity index is 2.58. The van der Waals surface area contributed by atoms with E-state index in [4.69, 9.17) is 0 Å². The summed E-state index contributed by atoms with van der Waals surface area (Å²) in [4.78, 5) is 0. The second-order valence-electron chi connectivity index (χ2n) is 1.58. The van der Waals surface area contributed by atoms with Gasteiger partial charge in [0, 0.05) is 5.70 Å². The molecule has 4 nitrogen and oxygen atoms in total. The van der Waals surface area contributed by atoms with Crippen molar-refractivity contribution in [1.82, 2.24) is 14.0 Å². The highest BCUT2D eigenvalue weighted by Gasteiger charge is 1.93. The Kier molecular flexibility index (Phi) is 1.74. The summed E-state index contributed by atoms with van der Waals surface area (Å²) < 4.78 is 7.36. The first-order valence-corrected chi connectivity index (χ1v) is 3.10. The quantitative estimate of drug-likeness (QED) is 0.666. The fourth-order valence-corrected chi connectivity index (χ4v) is 0.681. The lowest BCUT2D eigenvalue weighted by Crippen LogP contribution is -1.94. The molecule has 0 bridgehead atoms. The zero-order valence-electron chi connectivity index (χ0n) is 4.96. The predicted octanol–water partition coefficient (Wildman–Crippen LogP) is 0.879. The van der Waals surface area contributed by atoms with Crippen molar-refractivity contribution in [3.05, 3.63) is 12.3 Å². The lowest BCUT2D eigenvalue weighted by atomic mass is 10.6. The minimum absolute atomic E-state index is 0.521. The number of aromatic nitrogens is 3. The lowest BCUT2D eigenvalue weighted by molar-refractivity contribution is 1.12. The summed E-state index contributed by atoms with van der Waals surface area (Å²) in [5.74, 6) is 0.521. The third kappa shape index (κ3) is 1.77. The third-order valence-electron chi connectivity index (χ3n) is 0.625. The Morgan fingerprint density at radius 2 is 2.56 bits per heavy atom. The van der Waals surface area contributed by atoms with Crippen LogP contribution in [-0.2, 0) is 0 Å². The normalized spacial score (nSPS) is 9.00. The maximum atomic E-state index is 3.80. The minimum atomic E-state index is 0.521. The largest absolute Gasteiger partial charge is 0.327 e. The van der Waals surface area contributed by atoms with E-state index in [1.54, 1.807) is 0 Å². The molecule has 0 unspecified atom stereocenters. The second kappa shape index (κ2) is 2.54. The Bertz CT molecular complexity index is 192. The Morgan fingerprint density at radius 3 is 3.00 bits per heavy atom. The number of allylic oxidation sites excluding steroid dienone is 1. The summed E-state index contributed by atoms with van der Waals surface area (Å²) in [6.45, 7) is 5.45. The van der Waals surface area contributed by atoms with Gasteiger partial charge in [-0.15, -0.1) is 4.37 Å². The Hall–Kier alpha value is -0.970. The fourth-order valence-electron chi connectivity index (χ4n) is 0.371. The lowest BCUT2D eigenvalue weighted by Gasteiger charge is -1.93. The molecule has 0 atom stereocenters. The van der Waals surface area contributed by atoms with Gasteiger partial charge in [0.25, 0.3) is 5.95 Å². The van der Waals surface area contributed by atoms with Crippen molar-refractivity contribution in [1.29, 1.82) is 0 Å². The van der Waals surface area contributed by atoms with Gasteiger partial charge >= 0.3 is 0 Å². The van der Waals surface area contributed by atoms with E-state index >= 15 is 0 Å². The monoisotopic (exact) mass is 142 g/mol. The van der Waals surface area contributed by atoms with Crippen molar-refractivity contribution in [3.63, 3.8) is 0 Å². The van der Waals surface area contributed by atoms with Crippen LogP contribution < -0.4 is 5.32 Å². The molecule has 1 aromatic rings. The van der Waals surface area contributed by atoms with E-state index in [1.165, 1.54) is 0 Å². The molecule has 0 aromatic carbocycles. The Morgan fingerprint density at radius 1 is 1.78 bits per heavy atom. The van der Waals surface area contributed by atoms with Crippen LogP contribution in [0.1, 0.15) is 6.92 Å². The second-order valence-corrected chi connectivity index (χ2v) is 2.09. The van der Waals surface area contributed by atoms with E-state index in [1.807, 2.05) is 6.92 Å². The molecule has 0 saturated carbocycles. The van der Waals surface area contributed by atoms with Crippen LogP contribution >= 0.6 is 11.7 Å². The molecule has 0 amide bonds. The standard InChI is InChI=1S/C4H6N4S/c1-3(2)5-4-6-8-9-7-4/h1H2,2H3,(H,5,7). The van der Waals surface area contributed by atoms with Gasteiger partial charge in [0.2, 0.25) is 0 Å². The number of nitrogens with one attached hydrogen (secondary N) is 1. The predicted molar refractivity (Wildman–Crippen MR) is 36.1 cm³/mol. The van der Waals surface area contributed by atoms with Crippen LogP contribution in [0.15, 0.2) is 12.3 Å². The van der Waals surface area contributed by atoms with Crippen molar-refractivity contribution >= 4 is 17.7 Å². The van der Waals surface area contributed by atoms with Crippen LogP contribution in [0, 0.1) is 0 Å². The summed E-state index contributed by atoms with van der Waals surface area (Å²) >= 11 is 1.07. The summed E-state index contributed by atoms with van der Waals surface area (Å²) in [7, 11) is 0. The fraction of sp³-hybridized carbons (Fsp3) is 0.250. The first kappa shape index (κ1) is 6.15. The SMILES string of the molecule is C=C(C)Nc1nnsn1. The van der Waals surface area contributed by atoms with Gasteiger partial charge in [-0.2, -0.15) is 0 Å². The van der Waals surface area contributed by atoms with E-state index in [0.29, 0.717) is 5.95 Å². The molecule has 5 heteroatoms. The van der Waals surface area contributed by atoms with Crippen LogP contribution in [0.25, 0.3) is 0 Å². The molecule has 1 rings (SSSR count). The first-order valence-electron chi connectivity index (χ1n) is 2.37. The van der Waals surface area contributed by atoms with Gasteiger partial charge in [-0.05, 0) is 6.92 Å². The van der Waals surface area contributed by atoms with Gasteiger partial charge in [-0.3, -0.25) is 0 Å². The molecule has 1 N–H and O–H groups in total. The summed E-state index contributed by atoms with van der Waals surface area (Å²) in [5, 5.41) is 6.46. The van der Waals surface area contributed by atoms with Gasteiger partial charge in [0.05, 0.1) is 11.7 Å². The summed E-state index contributed by atoms with van der Waals surface area (Å²) in [6, 6.07) is 0. The highest BCUT2D eigenvalue weighted by atomic mass is 32.1. The molecule has 0 fully saturated rings. The van der Waals surface area contributed by atoms with Gasteiger partial charge < -0.3 is 5.32 Å². The highest BCUT2D eigenvalue weighted by molar-refractivity contribution is 6.99. The minimum Gasteiger partial charge on any atom is -0.327 e. The van der Waals surface area contributed by atoms with Crippen molar-refractivity contribution in [2.24, 2.45) is 0 Å². The van der Waals surface area contributed by atoms with Gasteiger partial charge in [0.15, 0.2) is 0 Å². The highest BCUT2D eigenvalue weighted by Crippen LogP contribution is 1.98. The van der Waals surface area contributed by atoms with Gasteiger partial charge in [0.1, 0.15) is 0 Å². The number of hydrogen-bond acceptors (Lipinski definition) is 5. The van der Waals surface area contributed by atoms with Crippen LogP contribution in [0.2, 0.25) is 0 Å². The van der Waals surface area contributed by atoms with E-state index in [-0.39, 0.29) is 0 Å². The van der Waals surface area contributed by atoms with Crippen molar-refractivity contribution in [2.75, 3.05) is 5.32 Å². The molecule has 0 aliphatic heterocycles. The average Bonchev–Trinajstić information content (AvgIpc) is 2.15. The molecule has 1 aromatic heterocycles. The molecule has 0 radical (unpaired) electrons. The summed E-state index contributed by atoms with van der Waals surface area (Å²) in [6.07, 6.45) is 0. The van der Waals surface area contributed by atoms with Gasteiger partial charge in [-0.1, -0.05) is 16.2 Å². The van der Waals surface area contributed by atoms with Crippen molar-refractivity contribution in [2.45, 2.75) is 6.92 Å². The third-order valence-corrected chi connectivity index (χ3v) is 1.03. The Labute approximate surface area is 56.9 Å². The van der Waals surface area contributed by atoms with Crippen LogP contribution in [0.3, 0.4) is 0 Å². The topological polar surface area (TPSA) is 50.7 Å². The summed E-state index contributed by atoms with van der Waals surface area (Å²) in [5.41, 5.74) is 0.815. The molecule has 48 valence electrons. The number of rotatable bonds is 2. The maximum Gasteiger partial charge on any atom is 0.260 e.